The number of para-hydroxylation sites is 2. The maximum absolute atomic E-state index is 4.22. The molecule has 0 saturated heterocycles. The van der Waals surface area contributed by atoms with Crippen molar-refractivity contribution in [2.75, 3.05) is 4.90 Å². The number of anilines is 1. The van der Waals surface area contributed by atoms with Crippen LogP contribution in [0.3, 0.4) is 0 Å². The number of nitrogens with zero attached hydrogens (tertiary/aromatic N) is 2. The van der Waals surface area contributed by atoms with Gasteiger partial charge in [0.05, 0.1) is 11.2 Å². The zero-order valence-corrected chi connectivity index (χ0v) is 28.6. The van der Waals surface area contributed by atoms with E-state index in [4.69, 9.17) is 0 Å². The lowest BCUT2D eigenvalue weighted by Gasteiger charge is -2.32. The molecule has 0 saturated carbocycles. The van der Waals surface area contributed by atoms with Crippen molar-refractivity contribution in [1.29, 1.82) is 0 Å². The first-order valence-electron chi connectivity index (χ1n) is 16.8. The molecule has 3 unspecified atom stereocenters. The Morgan fingerprint density at radius 3 is 2.51 bits per heavy atom. The van der Waals surface area contributed by atoms with Gasteiger partial charge < -0.3 is 9.47 Å². The molecule has 47 heavy (non-hydrogen) atoms. The molecular formula is C44H43N2P. The summed E-state index contributed by atoms with van der Waals surface area (Å²) < 4.78 is 2.31. The van der Waals surface area contributed by atoms with E-state index in [0.717, 1.165) is 37.1 Å². The molecule has 0 radical (unpaired) electrons. The fourth-order valence-corrected chi connectivity index (χ4v) is 7.74. The monoisotopic (exact) mass is 630 g/mol. The van der Waals surface area contributed by atoms with Crippen LogP contribution in [-0.2, 0) is 6.42 Å². The highest BCUT2D eigenvalue weighted by molar-refractivity contribution is 7.31. The summed E-state index contributed by atoms with van der Waals surface area (Å²) in [6, 6.07) is 28.4. The SMILES string of the molecule is C=Cc1c(/C(P)=C(C)/C=C\Cc2ccc(N(C3=CC4C=CC=CC4C3)C3=C(C)C=CCC3)cc2)c2ccccc2n1-c1ccccc1. The van der Waals surface area contributed by atoms with Crippen LogP contribution in [0.4, 0.5) is 5.69 Å². The maximum atomic E-state index is 4.22. The maximum Gasteiger partial charge on any atom is 0.0541 e. The average Bonchev–Trinajstić information content (AvgIpc) is 3.69. The van der Waals surface area contributed by atoms with Crippen LogP contribution in [0, 0.1) is 11.8 Å². The molecule has 2 nitrogen and oxygen atoms in total. The van der Waals surface area contributed by atoms with Crippen molar-refractivity contribution in [3.63, 3.8) is 0 Å². The van der Waals surface area contributed by atoms with Crippen molar-refractivity contribution < 1.29 is 0 Å². The van der Waals surface area contributed by atoms with Crippen LogP contribution in [0.1, 0.15) is 49.9 Å². The lowest BCUT2D eigenvalue weighted by Crippen LogP contribution is -2.23. The van der Waals surface area contributed by atoms with Crippen molar-refractivity contribution in [1.82, 2.24) is 4.57 Å². The van der Waals surface area contributed by atoms with Crippen LogP contribution >= 0.6 is 9.24 Å². The highest BCUT2D eigenvalue weighted by Gasteiger charge is 2.30. The Bertz CT molecular complexity index is 2030. The lowest BCUT2D eigenvalue weighted by atomic mass is 9.91. The summed E-state index contributed by atoms with van der Waals surface area (Å²) >= 11 is 0. The molecule has 7 rings (SSSR count). The second-order valence-corrected chi connectivity index (χ2v) is 13.4. The Morgan fingerprint density at radius 2 is 1.74 bits per heavy atom. The molecule has 0 amide bonds. The van der Waals surface area contributed by atoms with Gasteiger partial charge in [-0.15, -0.1) is 9.24 Å². The minimum atomic E-state index is 0.498. The van der Waals surface area contributed by atoms with Gasteiger partial charge in [-0.25, -0.2) is 0 Å². The van der Waals surface area contributed by atoms with E-state index in [1.165, 1.54) is 55.6 Å². The van der Waals surface area contributed by atoms with Gasteiger partial charge in [0.2, 0.25) is 0 Å². The van der Waals surface area contributed by atoms with Gasteiger partial charge in [0, 0.05) is 39.6 Å². The van der Waals surface area contributed by atoms with Crippen LogP contribution in [0.25, 0.3) is 28.0 Å². The van der Waals surface area contributed by atoms with E-state index in [-0.39, 0.29) is 0 Å². The Balaban J connectivity index is 1.15. The van der Waals surface area contributed by atoms with Gasteiger partial charge in [0.15, 0.2) is 0 Å². The van der Waals surface area contributed by atoms with Gasteiger partial charge in [-0.3, -0.25) is 0 Å². The van der Waals surface area contributed by atoms with Crippen molar-refractivity contribution in [3.8, 4) is 5.69 Å². The fraction of sp³-hybridized carbons (Fsp3) is 0.182. The number of rotatable bonds is 9. The summed E-state index contributed by atoms with van der Waals surface area (Å²) in [4.78, 5) is 2.55. The topological polar surface area (TPSA) is 8.17 Å². The van der Waals surface area contributed by atoms with Crippen molar-refractivity contribution >= 4 is 37.2 Å². The van der Waals surface area contributed by atoms with Crippen LogP contribution in [0.5, 0.6) is 0 Å². The standard InChI is InChI=1S/C44H43N2P/c1-4-40-43(39-22-11-13-24-42(39)46(40)36-20-6-5-7-21-36)44(47)32(3)16-14-17-33-25-27-37(28-26-33)45(41-23-12-8-15-31(41)2)38-29-34-18-9-10-19-35(34)30-38/h4-11,13-16,18-22,24-29,34-35H,1,12,17,23,30,47H2,2-3H3/b16-14-,44-32-. The van der Waals surface area contributed by atoms with Crippen molar-refractivity contribution in [3.05, 3.63) is 179 Å². The molecule has 3 aliphatic carbocycles. The van der Waals surface area contributed by atoms with E-state index < -0.39 is 0 Å². The molecule has 0 N–H and O–H groups in total. The molecule has 4 aromatic rings. The molecule has 0 bridgehead atoms. The van der Waals surface area contributed by atoms with E-state index in [1.54, 1.807) is 0 Å². The Hall–Kier alpha value is -4.65. The largest absolute Gasteiger partial charge is 0.318 e. The highest BCUT2D eigenvalue weighted by Crippen LogP contribution is 2.42. The predicted molar refractivity (Wildman–Crippen MR) is 206 cm³/mol. The molecule has 0 aliphatic heterocycles. The van der Waals surface area contributed by atoms with E-state index in [1.807, 2.05) is 6.08 Å². The number of aromatic nitrogens is 1. The lowest BCUT2D eigenvalue weighted by molar-refractivity contribution is 0.587. The number of fused-ring (bicyclic) bond motifs is 2. The third-order valence-corrected chi connectivity index (χ3v) is 10.5. The Labute approximate surface area is 282 Å². The summed E-state index contributed by atoms with van der Waals surface area (Å²) in [5.74, 6) is 1.06. The number of benzene rings is 3. The van der Waals surface area contributed by atoms with Crippen molar-refractivity contribution in [2.45, 2.75) is 39.5 Å². The molecule has 0 spiro atoms. The Kier molecular flexibility index (Phi) is 8.96. The number of hydrogen-bond donors (Lipinski definition) is 0. The average molecular weight is 631 g/mol. The summed E-state index contributed by atoms with van der Waals surface area (Å²) in [5, 5.41) is 2.42. The minimum absolute atomic E-state index is 0.498. The minimum Gasteiger partial charge on any atom is -0.318 e. The smallest absolute Gasteiger partial charge is 0.0541 e. The van der Waals surface area contributed by atoms with E-state index in [2.05, 4.69) is 173 Å². The third-order valence-electron chi connectivity index (χ3n) is 9.78. The fourth-order valence-electron chi connectivity index (χ4n) is 7.34. The first-order valence-corrected chi connectivity index (χ1v) is 17.4. The molecule has 3 aliphatic rings. The summed E-state index contributed by atoms with van der Waals surface area (Å²) in [5.41, 5.74) is 12.7. The Morgan fingerprint density at radius 1 is 0.979 bits per heavy atom. The van der Waals surface area contributed by atoms with Gasteiger partial charge in [-0.2, -0.15) is 0 Å². The van der Waals surface area contributed by atoms with Crippen LogP contribution < -0.4 is 4.90 Å². The molecule has 1 heterocycles. The van der Waals surface area contributed by atoms with Crippen molar-refractivity contribution in [2.24, 2.45) is 11.8 Å². The summed E-state index contributed by atoms with van der Waals surface area (Å²) in [7, 11) is 3.02. The molecule has 0 fully saturated rings. The second-order valence-electron chi connectivity index (χ2n) is 12.8. The van der Waals surface area contributed by atoms with Crippen LogP contribution in [-0.4, -0.2) is 4.57 Å². The predicted octanol–water partition coefficient (Wildman–Crippen LogP) is 11.8. The van der Waals surface area contributed by atoms with Gasteiger partial charge in [-0.05, 0) is 104 Å². The molecule has 3 atom stereocenters. The summed E-state index contributed by atoms with van der Waals surface area (Å²) in [6.07, 6.45) is 26.9. The van der Waals surface area contributed by atoms with E-state index in [0.29, 0.717) is 11.8 Å². The molecule has 3 heteroatoms. The van der Waals surface area contributed by atoms with Gasteiger partial charge in [0.25, 0.3) is 0 Å². The molecule has 1 aromatic heterocycles. The molecular weight excluding hydrogens is 587 g/mol. The third kappa shape index (κ3) is 6.11. The second kappa shape index (κ2) is 13.6. The van der Waals surface area contributed by atoms with Gasteiger partial charge in [0.1, 0.15) is 0 Å². The summed E-state index contributed by atoms with van der Waals surface area (Å²) in [6.45, 7) is 8.68. The number of hydrogen-bond acceptors (Lipinski definition) is 1. The van der Waals surface area contributed by atoms with Gasteiger partial charge in [-0.1, -0.05) is 110 Å². The van der Waals surface area contributed by atoms with Crippen LogP contribution in [0.15, 0.2) is 163 Å². The molecule has 234 valence electrons. The van der Waals surface area contributed by atoms with E-state index in [9.17, 15) is 0 Å². The highest BCUT2D eigenvalue weighted by atomic mass is 31.0. The van der Waals surface area contributed by atoms with E-state index >= 15 is 0 Å². The zero-order chi connectivity index (χ0) is 32.3. The molecule has 3 aromatic carbocycles. The first-order chi connectivity index (χ1) is 23.0. The normalized spacial score (nSPS) is 19.3. The van der Waals surface area contributed by atoms with Gasteiger partial charge >= 0.3 is 0 Å². The first kappa shape index (κ1) is 31.0. The number of allylic oxidation sites excluding steroid dienone is 13. The zero-order valence-electron chi connectivity index (χ0n) is 27.4. The van der Waals surface area contributed by atoms with Crippen LogP contribution in [0.2, 0.25) is 0 Å². The quantitative estimate of drug-likeness (QED) is 0.132.